The normalized spacial score (nSPS) is 10.2. The summed E-state index contributed by atoms with van der Waals surface area (Å²) < 4.78 is 0. The number of benzene rings is 1. The third-order valence-corrected chi connectivity index (χ3v) is 2.86. The zero-order valence-electron chi connectivity index (χ0n) is 7.16. The molecule has 1 heterocycles. The molecule has 2 rings (SSSR count). The van der Waals surface area contributed by atoms with Crippen molar-refractivity contribution in [3.8, 4) is 11.1 Å². The van der Waals surface area contributed by atoms with Crippen LogP contribution in [-0.2, 0) is 0 Å². The van der Waals surface area contributed by atoms with Gasteiger partial charge in [0.2, 0.25) is 0 Å². The molecule has 1 radical (unpaired) electrons. The standard InChI is InChI=1S/C11H10NS/c1-8-10(7-13-11(8)12)9-5-3-2-4-6-9/h2-7H,1,12H2. The predicted molar refractivity (Wildman–Crippen MR) is 58.6 cm³/mol. The maximum absolute atomic E-state index is 5.73. The van der Waals surface area contributed by atoms with Crippen molar-refractivity contribution in [3.05, 3.63) is 48.2 Å². The summed E-state index contributed by atoms with van der Waals surface area (Å²) >= 11 is 1.54. The highest BCUT2D eigenvalue weighted by molar-refractivity contribution is 7.14. The third-order valence-electron chi connectivity index (χ3n) is 2.01. The highest BCUT2D eigenvalue weighted by atomic mass is 32.1. The van der Waals surface area contributed by atoms with E-state index in [0.717, 1.165) is 16.1 Å². The minimum atomic E-state index is 0.804. The molecule has 0 aliphatic heterocycles. The molecule has 2 N–H and O–H groups in total. The molecule has 0 aliphatic carbocycles. The Kier molecular flexibility index (Phi) is 2.07. The van der Waals surface area contributed by atoms with Crippen LogP contribution in [0, 0.1) is 6.92 Å². The monoisotopic (exact) mass is 188 g/mol. The molecule has 13 heavy (non-hydrogen) atoms. The summed E-state index contributed by atoms with van der Waals surface area (Å²) in [6.07, 6.45) is 0. The summed E-state index contributed by atoms with van der Waals surface area (Å²) in [6, 6.07) is 10.2. The van der Waals surface area contributed by atoms with Gasteiger partial charge >= 0.3 is 0 Å². The van der Waals surface area contributed by atoms with Gasteiger partial charge in [-0.25, -0.2) is 0 Å². The lowest BCUT2D eigenvalue weighted by atomic mass is 10.1. The van der Waals surface area contributed by atoms with E-state index in [-0.39, 0.29) is 0 Å². The quantitative estimate of drug-likeness (QED) is 0.730. The van der Waals surface area contributed by atoms with Crippen molar-refractivity contribution >= 4 is 16.3 Å². The Balaban J connectivity index is 2.53. The topological polar surface area (TPSA) is 26.0 Å². The highest BCUT2D eigenvalue weighted by Crippen LogP contribution is 2.32. The van der Waals surface area contributed by atoms with Crippen molar-refractivity contribution in [2.75, 3.05) is 5.73 Å². The molecule has 1 aromatic carbocycles. The number of hydrogen-bond donors (Lipinski definition) is 1. The van der Waals surface area contributed by atoms with E-state index in [9.17, 15) is 0 Å². The number of thiophene rings is 1. The van der Waals surface area contributed by atoms with E-state index in [2.05, 4.69) is 19.1 Å². The van der Waals surface area contributed by atoms with Gasteiger partial charge in [-0.05, 0) is 23.6 Å². The Morgan fingerprint density at radius 1 is 1.15 bits per heavy atom. The molecule has 0 amide bonds. The minimum Gasteiger partial charge on any atom is -0.390 e. The van der Waals surface area contributed by atoms with Crippen LogP contribution in [0.4, 0.5) is 5.00 Å². The van der Waals surface area contributed by atoms with Gasteiger partial charge in [-0.3, -0.25) is 0 Å². The van der Waals surface area contributed by atoms with Crippen molar-refractivity contribution in [1.82, 2.24) is 0 Å². The lowest BCUT2D eigenvalue weighted by Crippen LogP contribution is -1.83. The Hall–Kier alpha value is -1.28. The van der Waals surface area contributed by atoms with Gasteiger partial charge in [0, 0.05) is 5.38 Å². The first-order valence-corrected chi connectivity index (χ1v) is 4.91. The fourth-order valence-corrected chi connectivity index (χ4v) is 2.03. The molecule has 1 nitrogen and oxygen atoms in total. The average Bonchev–Trinajstić information content (AvgIpc) is 2.49. The van der Waals surface area contributed by atoms with Gasteiger partial charge in [0.1, 0.15) is 0 Å². The lowest BCUT2D eigenvalue weighted by molar-refractivity contribution is 1.64. The van der Waals surface area contributed by atoms with Crippen molar-refractivity contribution in [2.45, 2.75) is 0 Å². The van der Waals surface area contributed by atoms with Crippen LogP contribution in [0.25, 0.3) is 11.1 Å². The lowest BCUT2D eigenvalue weighted by Gasteiger charge is -1.99. The second-order valence-corrected chi connectivity index (χ2v) is 3.77. The first-order valence-electron chi connectivity index (χ1n) is 4.03. The molecule has 0 bridgehead atoms. The van der Waals surface area contributed by atoms with E-state index < -0.39 is 0 Å². The Bertz CT molecular complexity index is 403. The summed E-state index contributed by atoms with van der Waals surface area (Å²) in [5.74, 6) is 0. The smallest absolute Gasteiger partial charge is 0.0895 e. The maximum Gasteiger partial charge on any atom is 0.0895 e. The minimum absolute atomic E-state index is 0.804. The zero-order chi connectivity index (χ0) is 9.26. The third kappa shape index (κ3) is 1.45. The number of hydrogen-bond acceptors (Lipinski definition) is 2. The van der Waals surface area contributed by atoms with Crippen LogP contribution < -0.4 is 5.73 Å². The van der Waals surface area contributed by atoms with Gasteiger partial charge in [0.05, 0.1) is 5.00 Å². The van der Waals surface area contributed by atoms with Crippen LogP contribution in [0.5, 0.6) is 0 Å². The van der Waals surface area contributed by atoms with Crippen LogP contribution in [0.1, 0.15) is 5.56 Å². The van der Waals surface area contributed by atoms with Crippen molar-refractivity contribution < 1.29 is 0 Å². The summed E-state index contributed by atoms with van der Waals surface area (Å²) in [5, 5.41) is 2.85. The molecule has 2 heteroatoms. The van der Waals surface area contributed by atoms with Gasteiger partial charge in [0.25, 0.3) is 0 Å². The Morgan fingerprint density at radius 2 is 1.85 bits per heavy atom. The Morgan fingerprint density at radius 3 is 2.38 bits per heavy atom. The van der Waals surface area contributed by atoms with Crippen LogP contribution in [0.3, 0.4) is 0 Å². The fourth-order valence-electron chi connectivity index (χ4n) is 1.26. The average molecular weight is 188 g/mol. The highest BCUT2D eigenvalue weighted by Gasteiger charge is 2.05. The molecule has 65 valence electrons. The predicted octanol–water partition coefficient (Wildman–Crippen LogP) is 3.18. The number of rotatable bonds is 1. The maximum atomic E-state index is 5.73. The number of nitrogen functional groups attached to an aromatic ring is 1. The van der Waals surface area contributed by atoms with Crippen LogP contribution in [0.15, 0.2) is 35.7 Å². The fraction of sp³-hybridized carbons (Fsp3) is 0. The van der Waals surface area contributed by atoms with Crippen molar-refractivity contribution in [3.63, 3.8) is 0 Å². The van der Waals surface area contributed by atoms with Crippen LogP contribution >= 0.6 is 11.3 Å². The van der Waals surface area contributed by atoms with Gasteiger partial charge in [-0.1, -0.05) is 30.3 Å². The van der Waals surface area contributed by atoms with Crippen molar-refractivity contribution in [2.24, 2.45) is 0 Å². The summed E-state index contributed by atoms with van der Waals surface area (Å²) in [6.45, 7) is 3.94. The summed E-state index contributed by atoms with van der Waals surface area (Å²) in [7, 11) is 0. The van der Waals surface area contributed by atoms with E-state index in [1.165, 1.54) is 5.56 Å². The molecule has 0 atom stereocenters. The molecular formula is C11H10NS. The summed E-state index contributed by atoms with van der Waals surface area (Å²) in [5.41, 5.74) is 9.00. The van der Waals surface area contributed by atoms with Crippen LogP contribution in [0.2, 0.25) is 0 Å². The number of nitrogens with two attached hydrogens (primary N) is 1. The van der Waals surface area contributed by atoms with Crippen LogP contribution in [-0.4, -0.2) is 0 Å². The van der Waals surface area contributed by atoms with Gasteiger partial charge in [-0.15, -0.1) is 11.3 Å². The van der Waals surface area contributed by atoms with E-state index in [4.69, 9.17) is 5.73 Å². The molecule has 2 aromatic rings. The second kappa shape index (κ2) is 3.23. The first kappa shape index (κ1) is 8.32. The van der Waals surface area contributed by atoms with Gasteiger partial charge in [-0.2, -0.15) is 0 Å². The molecule has 0 saturated carbocycles. The molecular weight excluding hydrogens is 178 g/mol. The zero-order valence-corrected chi connectivity index (χ0v) is 7.97. The molecule has 0 spiro atoms. The summed E-state index contributed by atoms with van der Waals surface area (Å²) in [4.78, 5) is 0. The molecule has 1 aromatic heterocycles. The van der Waals surface area contributed by atoms with Gasteiger partial charge < -0.3 is 5.73 Å². The SMILES string of the molecule is [CH2]c1c(-c2ccccc2)csc1N. The van der Waals surface area contributed by atoms with E-state index in [0.29, 0.717) is 0 Å². The Labute approximate surface area is 81.8 Å². The van der Waals surface area contributed by atoms with Gasteiger partial charge in [0.15, 0.2) is 0 Å². The van der Waals surface area contributed by atoms with E-state index >= 15 is 0 Å². The van der Waals surface area contributed by atoms with E-state index in [1.54, 1.807) is 11.3 Å². The molecule has 0 saturated heterocycles. The number of anilines is 1. The largest absolute Gasteiger partial charge is 0.390 e. The second-order valence-electron chi connectivity index (χ2n) is 2.86. The van der Waals surface area contributed by atoms with E-state index in [1.807, 2.05) is 23.6 Å². The van der Waals surface area contributed by atoms with Crippen molar-refractivity contribution in [1.29, 1.82) is 0 Å². The molecule has 0 unspecified atom stereocenters. The first-order chi connectivity index (χ1) is 6.29. The molecule has 0 aliphatic rings. The molecule has 0 fully saturated rings.